The van der Waals surface area contributed by atoms with Gasteiger partial charge in [0.1, 0.15) is 0 Å². The van der Waals surface area contributed by atoms with Crippen molar-refractivity contribution in [2.24, 2.45) is 5.92 Å². The molecule has 1 aliphatic rings. The van der Waals surface area contributed by atoms with Crippen LogP contribution in [0.15, 0.2) is 18.2 Å². The monoisotopic (exact) mass is 362 g/mol. The molecule has 0 aromatic heterocycles. The molecule has 0 aliphatic carbocycles. The summed E-state index contributed by atoms with van der Waals surface area (Å²) in [6.45, 7) is 8.61. The summed E-state index contributed by atoms with van der Waals surface area (Å²) in [5.41, 5.74) is 0.517. The molecule has 6 heteroatoms. The summed E-state index contributed by atoms with van der Waals surface area (Å²) in [7, 11) is 0. The van der Waals surface area contributed by atoms with Gasteiger partial charge >= 0.3 is 0 Å². The molecule has 1 N–H and O–H groups in total. The minimum Gasteiger partial charge on any atom is -0.490 e. The van der Waals surface area contributed by atoms with Crippen LogP contribution in [0.2, 0.25) is 0 Å². The van der Waals surface area contributed by atoms with Crippen LogP contribution < -0.4 is 14.8 Å². The van der Waals surface area contributed by atoms with E-state index in [-0.39, 0.29) is 18.4 Å². The average molecular weight is 362 g/mol. The van der Waals surface area contributed by atoms with Gasteiger partial charge in [0.05, 0.1) is 6.61 Å². The lowest BCUT2D eigenvalue weighted by Crippen LogP contribution is -2.38. The van der Waals surface area contributed by atoms with E-state index in [1.807, 2.05) is 25.7 Å². The maximum Gasteiger partial charge on any atom is 0.260 e. The molecular formula is C20H30N2O4. The van der Waals surface area contributed by atoms with Crippen LogP contribution in [-0.2, 0) is 4.79 Å². The molecular weight excluding hydrogens is 332 g/mol. The van der Waals surface area contributed by atoms with Crippen LogP contribution in [0.1, 0.15) is 50.4 Å². The van der Waals surface area contributed by atoms with E-state index in [4.69, 9.17) is 9.47 Å². The lowest BCUT2D eigenvalue weighted by molar-refractivity contribution is -0.134. The number of carbonyl (C=O) groups is 2. The number of piperidine rings is 1. The molecule has 0 bridgehead atoms. The van der Waals surface area contributed by atoms with Gasteiger partial charge in [-0.05, 0) is 50.3 Å². The highest BCUT2D eigenvalue weighted by atomic mass is 16.5. The Labute approximate surface area is 155 Å². The van der Waals surface area contributed by atoms with E-state index in [1.54, 1.807) is 18.2 Å². The normalized spacial score (nSPS) is 14.2. The molecule has 6 nitrogen and oxygen atoms in total. The van der Waals surface area contributed by atoms with Crippen molar-refractivity contribution in [3.05, 3.63) is 23.8 Å². The lowest BCUT2D eigenvalue weighted by Gasteiger charge is -2.26. The first-order valence-electron chi connectivity index (χ1n) is 9.47. The first-order chi connectivity index (χ1) is 12.5. The van der Waals surface area contributed by atoms with Crippen molar-refractivity contribution in [3.8, 4) is 11.5 Å². The molecule has 1 saturated heterocycles. The topological polar surface area (TPSA) is 67.9 Å². The number of hydrogen-bond acceptors (Lipinski definition) is 4. The van der Waals surface area contributed by atoms with Gasteiger partial charge in [0.2, 0.25) is 0 Å². The van der Waals surface area contributed by atoms with Gasteiger partial charge in [-0.3, -0.25) is 9.59 Å². The number of benzene rings is 1. The van der Waals surface area contributed by atoms with Gasteiger partial charge in [-0.1, -0.05) is 13.8 Å². The Morgan fingerprint density at radius 3 is 2.50 bits per heavy atom. The van der Waals surface area contributed by atoms with Crippen LogP contribution in [0.5, 0.6) is 11.5 Å². The Kier molecular flexibility index (Phi) is 7.75. The minimum atomic E-state index is -0.143. The average Bonchev–Trinajstić information content (AvgIpc) is 2.65. The molecule has 2 amide bonds. The van der Waals surface area contributed by atoms with Crippen LogP contribution in [-0.4, -0.2) is 49.6 Å². The van der Waals surface area contributed by atoms with Crippen molar-refractivity contribution in [1.82, 2.24) is 10.2 Å². The molecule has 144 valence electrons. The van der Waals surface area contributed by atoms with Crippen LogP contribution in [0.3, 0.4) is 0 Å². The largest absolute Gasteiger partial charge is 0.490 e. The summed E-state index contributed by atoms with van der Waals surface area (Å²) >= 11 is 0. The molecule has 1 aliphatic heterocycles. The Hall–Kier alpha value is -2.24. The second kappa shape index (κ2) is 10.0. The van der Waals surface area contributed by atoms with E-state index in [2.05, 4.69) is 5.32 Å². The fourth-order valence-corrected chi connectivity index (χ4v) is 2.81. The summed E-state index contributed by atoms with van der Waals surface area (Å²) in [5.74, 6) is 1.20. The van der Waals surface area contributed by atoms with E-state index in [9.17, 15) is 9.59 Å². The number of nitrogens with zero attached hydrogens (tertiary/aromatic N) is 1. The maximum absolute atomic E-state index is 12.3. The number of amides is 2. The smallest absolute Gasteiger partial charge is 0.260 e. The molecule has 1 fully saturated rings. The number of ether oxygens (including phenoxy) is 2. The van der Waals surface area contributed by atoms with Crippen molar-refractivity contribution in [3.63, 3.8) is 0 Å². The Balaban J connectivity index is 2.00. The van der Waals surface area contributed by atoms with Crippen molar-refractivity contribution in [2.45, 2.75) is 40.0 Å². The Morgan fingerprint density at radius 1 is 1.12 bits per heavy atom. The molecule has 0 radical (unpaired) electrons. The van der Waals surface area contributed by atoms with Gasteiger partial charge in [-0.15, -0.1) is 0 Å². The number of carbonyl (C=O) groups excluding carboxylic acids is 2. The third-order valence-corrected chi connectivity index (χ3v) is 4.24. The molecule has 26 heavy (non-hydrogen) atoms. The van der Waals surface area contributed by atoms with Crippen LogP contribution in [0, 0.1) is 5.92 Å². The first-order valence-corrected chi connectivity index (χ1v) is 9.47. The van der Waals surface area contributed by atoms with Crippen molar-refractivity contribution < 1.29 is 19.1 Å². The van der Waals surface area contributed by atoms with E-state index in [1.165, 1.54) is 6.42 Å². The van der Waals surface area contributed by atoms with Crippen molar-refractivity contribution >= 4 is 11.8 Å². The predicted octanol–water partition coefficient (Wildman–Crippen LogP) is 2.86. The number of nitrogens with one attached hydrogen (secondary N) is 1. The van der Waals surface area contributed by atoms with Gasteiger partial charge < -0.3 is 19.7 Å². The highest BCUT2D eigenvalue weighted by molar-refractivity contribution is 5.94. The second-order valence-electron chi connectivity index (χ2n) is 6.93. The Bertz CT molecular complexity index is 610. The first kappa shape index (κ1) is 20.1. The van der Waals surface area contributed by atoms with Crippen molar-refractivity contribution in [2.75, 3.05) is 32.8 Å². The summed E-state index contributed by atoms with van der Waals surface area (Å²) in [4.78, 5) is 26.3. The summed E-state index contributed by atoms with van der Waals surface area (Å²) < 4.78 is 11.3. The highest BCUT2D eigenvalue weighted by Crippen LogP contribution is 2.28. The molecule has 1 aromatic carbocycles. The maximum atomic E-state index is 12.3. The van der Waals surface area contributed by atoms with Gasteiger partial charge in [0, 0.05) is 25.2 Å². The molecule has 1 heterocycles. The molecule has 0 atom stereocenters. The molecule has 0 unspecified atom stereocenters. The van der Waals surface area contributed by atoms with Crippen LogP contribution >= 0.6 is 0 Å². The summed E-state index contributed by atoms with van der Waals surface area (Å²) in [6.07, 6.45) is 3.28. The predicted molar refractivity (Wildman–Crippen MR) is 101 cm³/mol. The third kappa shape index (κ3) is 5.93. The molecule has 0 saturated carbocycles. The zero-order chi connectivity index (χ0) is 18.9. The summed E-state index contributed by atoms with van der Waals surface area (Å²) in [5, 5.41) is 2.88. The van der Waals surface area contributed by atoms with Crippen LogP contribution in [0.25, 0.3) is 0 Å². The minimum absolute atomic E-state index is 0.00842. The third-order valence-electron chi connectivity index (χ3n) is 4.24. The number of hydrogen-bond donors (Lipinski definition) is 1. The van der Waals surface area contributed by atoms with Crippen LogP contribution in [0.4, 0.5) is 0 Å². The zero-order valence-electron chi connectivity index (χ0n) is 16.0. The Morgan fingerprint density at radius 2 is 1.85 bits per heavy atom. The fraction of sp³-hybridized carbons (Fsp3) is 0.600. The summed E-state index contributed by atoms with van der Waals surface area (Å²) in [6, 6.07) is 5.05. The highest BCUT2D eigenvalue weighted by Gasteiger charge is 2.18. The van der Waals surface area contributed by atoms with Gasteiger partial charge in [0.15, 0.2) is 18.1 Å². The zero-order valence-corrected chi connectivity index (χ0v) is 16.0. The molecule has 1 aromatic rings. The van der Waals surface area contributed by atoms with Gasteiger partial charge in [-0.25, -0.2) is 0 Å². The van der Waals surface area contributed by atoms with E-state index in [0.717, 1.165) is 25.9 Å². The number of likely N-dealkylation sites (tertiary alicyclic amines) is 1. The molecule has 2 rings (SSSR count). The number of rotatable bonds is 8. The van der Waals surface area contributed by atoms with E-state index < -0.39 is 0 Å². The second-order valence-corrected chi connectivity index (χ2v) is 6.93. The standard InChI is InChI=1S/C20H30N2O4/c1-4-25-18-12-16(20(24)21-13-15(2)3)8-9-17(18)26-14-19(23)22-10-6-5-7-11-22/h8-9,12,15H,4-7,10-11,13-14H2,1-3H3,(H,21,24). The van der Waals surface area contributed by atoms with Gasteiger partial charge in [-0.2, -0.15) is 0 Å². The molecule has 0 spiro atoms. The lowest BCUT2D eigenvalue weighted by atomic mass is 10.1. The fourth-order valence-electron chi connectivity index (χ4n) is 2.81. The SMILES string of the molecule is CCOc1cc(C(=O)NCC(C)C)ccc1OCC(=O)N1CCCCC1. The van der Waals surface area contributed by atoms with E-state index >= 15 is 0 Å². The van der Waals surface area contributed by atoms with Crippen molar-refractivity contribution in [1.29, 1.82) is 0 Å². The van der Waals surface area contributed by atoms with E-state index in [0.29, 0.717) is 36.1 Å². The quantitative estimate of drug-likeness (QED) is 0.772. The van der Waals surface area contributed by atoms with Gasteiger partial charge in [0.25, 0.3) is 11.8 Å².